The van der Waals surface area contributed by atoms with Crippen molar-refractivity contribution in [3.8, 4) is 0 Å². The molecule has 1 fully saturated rings. The number of primary amides is 1. The van der Waals surface area contributed by atoms with Gasteiger partial charge in [0.2, 0.25) is 0 Å². The quantitative estimate of drug-likeness (QED) is 0.828. The third-order valence-corrected chi connectivity index (χ3v) is 4.04. The molecule has 0 radical (unpaired) electrons. The lowest BCUT2D eigenvalue weighted by molar-refractivity contribution is 0.0995. The number of rotatable bonds is 5. The van der Waals surface area contributed by atoms with Crippen molar-refractivity contribution in [3.63, 3.8) is 0 Å². The van der Waals surface area contributed by atoms with E-state index in [2.05, 4.69) is 20.0 Å². The highest BCUT2D eigenvalue weighted by molar-refractivity contribution is 5.90. The van der Waals surface area contributed by atoms with Crippen LogP contribution in [0.25, 0.3) is 0 Å². The molecule has 1 amide bonds. The van der Waals surface area contributed by atoms with Crippen molar-refractivity contribution in [1.82, 2.24) is 24.6 Å². The molecule has 24 heavy (non-hydrogen) atoms. The summed E-state index contributed by atoms with van der Waals surface area (Å²) in [5.41, 5.74) is 7.42. The topological polar surface area (TPSA) is 99.2 Å². The number of ether oxygens (including phenoxy) is 1. The van der Waals surface area contributed by atoms with E-state index in [0.29, 0.717) is 12.5 Å². The van der Waals surface area contributed by atoms with Gasteiger partial charge in [-0.3, -0.25) is 19.4 Å². The highest BCUT2D eigenvalue weighted by Gasteiger charge is 2.20. The van der Waals surface area contributed by atoms with Gasteiger partial charge in [-0.2, -0.15) is 5.10 Å². The summed E-state index contributed by atoms with van der Waals surface area (Å²) in [6, 6.07) is 0. The van der Waals surface area contributed by atoms with Crippen molar-refractivity contribution in [2.75, 3.05) is 26.3 Å². The Labute approximate surface area is 140 Å². The Balaban J connectivity index is 1.60. The number of aromatic nitrogens is 4. The molecule has 2 N–H and O–H groups in total. The minimum Gasteiger partial charge on any atom is -0.380 e. The highest BCUT2D eigenvalue weighted by Crippen LogP contribution is 2.14. The molecule has 8 nitrogen and oxygen atoms in total. The predicted molar refractivity (Wildman–Crippen MR) is 87.0 cm³/mol. The van der Waals surface area contributed by atoms with Crippen LogP contribution >= 0.6 is 0 Å². The Kier molecular flexibility index (Phi) is 5.17. The van der Waals surface area contributed by atoms with Crippen LogP contribution in [0.1, 0.15) is 21.7 Å². The summed E-state index contributed by atoms with van der Waals surface area (Å²) in [5.74, 6) is -0.229. The fourth-order valence-corrected chi connectivity index (χ4v) is 2.91. The Morgan fingerprint density at radius 2 is 2.25 bits per heavy atom. The van der Waals surface area contributed by atoms with Crippen LogP contribution in [-0.2, 0) is 24.8 Å². The smallest absolute Gasteiger partial charge is 0.268 e. The van der Waals surface area contributed by atoms with E-state index in [-0.39, 0.29) is 5.69 Å². The maximum atomic E-state index is 11.1. The number of hydrogen-bond donors (Lipinski definition) is 1. The van der Waals surface area contributed by atoms with E-state index < -0.39 is 5.91 Å². The van der Waals surface area contributed by atoms with Crippen LogP contribution in [0.5, 0.6) is 0 Å². The van der Waals surface area contributed by atoms with Crippen LogP contribution in [0, 0.1) is 5.92 Å². The minimum atomic E-state index is -0.561. The average molecular weight is 330 g/mol. The molecule has 0 unspecified atom stereocenters. The third-order valence-electron chi connectivity index (χ3n) is 4.04. The standard InChI is InChI=1S/C16H22N6O2/c1-21-8-13(5-20-21)10-22-2-3-24-11-12(9-22)4-14-6-19-15(7-18-14)16(17)23/h5-8,12H,2-4,9-11H2,1H3,(H2,17,23)/t12-/m0/s1. The lowest BCUT2D eigenvalue weighted by Crippen LogP contribution is -2.30. The maximum absolute atomic E-state index is 11.1. The lowest BCUT2D eigenvalue weighted by atomic mass is 10.0. The summed E-state index contributed by atoms with van der Waals surface area (Å²) in [7, 11) is 1.92. The van der Waals surface area contributed by atoms with Crippen molar-refractivity contribution >= 4 is 5.91 Å². The van der Waals surface area contributed by atoms with E-state index in [1.54, 1.807) is 6.20 Å². The van der Waals surface area contributed by atoms with Gasteiger partial charge in [-0.25, -0.2) is 4.98 Å². The number of aryl methyl sites for hydroxylation is 1. The van der Waals surface area contributed by atoms with Crippen LogP contribution in [0.4, 0.5) is 0 Å². The molecular weight excluding hydrogens is 308 g/mol. The highest BCUT2D eigenvalue weighted by atomic mass is 16.5. The summed E-state index contributed by atoms with van der Waals surface area (Å²) >= 11 is 0. The van der Waals surface area contributed by atoms with E-state index in [1.807, 2.05) is 24.1 Å². The first kappa shape index (κ1) is 16.5. The first-order valence-corrected chi connectivity index (χ1v) is 7.98. The molecule has 2 aromatic heterocycles. The van der Waals surface area contributed by atoms with Gasteiger partial charge in [-0.1, -0.05) is 0 Å². The minimum absolute atomic E-state index is 0.189. The van der Waals surface area contributed by atoms with Crippen molar-refractivity contribution in [3.05, 3.63) is 41.7 Å². The van der Waals surface area contributed by atoms with Crippen LogP contribution in [0.15, 0.2) is 24.8 Å². The second kappa shape index (κ2) is 7.50. The number of hydrogen-bond acceptors (Lipinski definition) is 6. The third kappa shape index (κ3) is 4.36. The van der Waals surface area contributed by atoms with Crippen molar-refractivity contribution in [2.24, 2.45) is 18.7 Å². The second-order valence-electron chi connectivity index (χ2n) is 6.16. The zero-order valence-electron chi connectivity index (χ0n) is 13.8. The van der Waals surface area contributed by atoms with E-state index in [9.17, 15) is 4.79 Å². The zero-order chi connectivity index (χ0) is 16.9. The molecule has 1 saturated heterocycles. The molecule has 0 aliphatic carbocycles. The van der Waals surface area contributed by atoms with Gasteiger partial charge in [0.25, 0.3) is 5.91 Å². The summed E-state index contributed by atoms with van der Waals surface area (Å²) in [6.07, 6.45) is 7.75. The molecule has 3 rings (SSSR count). The van der Waals surface area contributed by atoms with E-state index in [0.717, 1.165) is 38.4 Å². The number of amides is 1. The van der Waals surface area contributed by atoms with Gasteiger partial charge >= 0.3 is 0 Å². The molecule has 3 heterocycles. The van der Waals surface area contributed by atoms with Crippen LogP contribution < -0.4 is 5.73 Å². The van der Waals surface area contributed by atoms with E-state index in [4.69, 9.17) is 10.5 Å². The van der Waals surface area contributed by atoms with Gasteiger partial charge in [0, 0.05) is 50.6 Å². The van der Waals surface area contributed by atoms with Crippen LogP contribution in [0.3, 0.4) is 0 Å². The van der Waals surface area contributed by atoms with Gasteiger partial charge in [-0.05, 0) is 6.42 Å². The first-order valence-electron chi connectivity index (χ1n) is 7.98. The van der Waals surface area contributed by atoms with Crippen molar-refractivity contribution in [1.29, 1.82) is 0 Å². The largest absolute Gasteiger partial charge is 0.380 e. The summed E-state index contributed by atoms with van der Waals surface area (Å²) in [6.45, 7) is 4.11. The van der Waals surface area contributed by atoms with Gasteiger partial charge in [0.15, 0.2) is 0 Å². The summed E-state index contributed by atoms with van der Waals surface area (Å²) < 4.78 is 7.55. The summed E-state index contributed by atoms with van der Waals surface area (Å²) in [4.78, 5) is 21.8. The summed E-state index contributed by atoms with van der Waals surface area (Å²) in [5, 5.41) is 4.22. The van der Waals surface area contributed by atoms with Gasteiger partial charge < -0.3 is 10.5 Å². The fraction of sp³-hybridized carbons (Fsp3) is 0.500. The molecule has 2 aromatic rings. The normalized spacial score (nSPS) is 19.1. The van der Waals surface area contributed by atoms with E-state index in [1.165, 1.54) is 11.8 Å². The van der Waals surface area contributed by atoms with Crippen molar-refractivity contribution < 1.29 is 9.53 Å². The van der Waals surface area contributed by atoms with Gasteiger partial charge in [0.05, 0.1) is 31.3 Å². The molecule has 8 heteroatoms. The number of nitrogens with zero attached hydrogens (tertiary/aromatic N) is 5. The zero-order valence-corrected chi connectivity index (χ0v) is 13.8. The SMILES string of the molecule is Cn1cc(CN2CCOC[C@@H](Cc3cnc(C(N)=O)cn3)C2)cn1. The Bertz CT molecular complexity index is 684. The molecule has 0 bridgehead atoms. The average Bonchev–Trinajstić information content (AvgIpc) is 2.83. The fourth-order valence-electron chi connectivity index (χ4n) is 2.91. The molecule has 0 spiro atoms. The van der Waals surface area contributed by atoms with Crippen molar-refractivity contribution in [2.45, 2.75) is 13.0 Å². The molecule has 1 aliphatic heterocycles. The Hall–Kier alpha value is -2.32. The molecule has 1 atom stereocenters. The number of carbonyl (C=O) groups excluding carboxylic acids is 1. The molecule has 128 valence electrons. The molecule has 0 saturated carbocycles. The number of nitrogens with two attached hydrogens (primary N) is 1. The van der Waals surface area contributed by atoms with E-state index >= 15 is 0 Å². The predicted octanol–water partition coefficient (Wildman–Crippen LogP) is 0.000100. The first-order chi connectivity index (χ1) is 11.6. The Morgan fingerprint density at radius 3 is 2.92 bits per heavy atom. The maximum Gasteiger partial charge on any atom is 0.268 e. The van der Waals surface area contributed by atoms with Gasteiger partial charge in [0.1, 0.15) is 5.69 Å². The van der Waals surface area contributed by atoms with Crippen LogP contribution in [0.2, 0.25) is 0 Å². The lowest BCUT2D eigenvalue weighted by Gasteiger charge is -2.22. The monoisotopic (exact) mass is 330 g/mol. The number of carbonyl (C=O) groups is 1. The molecule has 1 aliphatic rings. The Morgan fingerprint density at radius 1 is 1.38 bits per heavy atom. The molecular formula is C16H22N6O2. The second-order valence-corrected chi connectivity index (χ2v) is 6.16. The van der Waals surface area contributed by atoms with Crippen LogP contribution in [-0.4, -0.2) is 56.9 Å². The van der Waals surface area contributed by atoms with Gasteiger partial charge in [-0.15, -0.1) is 0 Å². The molecule has 0 aromatic carbocycles.